The van der Waals surface area contributed by atoms with Crippen molar-refractivity contribution < 1.29 is 14.6 Å². The Morgan fingerprint density at radius 2 is 2.15 bits per heavy atom. The molecule has 0 spiro atoms. The fourth-order valence-electron chi connectivity index (χ4n) is 2.29. The maximum absolute atomic E-state index is 12.4. The largest absolute Gasteiger partial charge is 0.388 e. The highest BCUT2D eigenvalue weighted by molar-refractivity contribution is 9.10. The molecule has 0 saturated carbocycles. The Hall–Kier alpha value is -0.620. The van der Waals surface area contributed by atoms with E-state index >= 15 is 0 Å². The Labute approximate surface area is 131 Å². The minimum atomic E-state index is -0.874. The molecule has 0 aromatic heterocycles. The van der Waals surface area contributed by atoms with E-state index in [0.717, 1.165) is 4.47 Å². The second-order valence-corrected chi connectivity index (χ2v) is 6.44. The van der Waals surface area contributed by atoms with Gasteiger partial charge in [0.15, 0.2) is 0 Å². The summed E-state index contributed by atoms with van der Waals surface area (Å²) < 4.78 is 6.03. The van der Waals surface area contributed by atoms with Crippen LogP contribution in [0.3, 0.4) is 0 Å². The first kappa shape index (κ1) is 15.8. The van der Waals surface area contributed by atoms with E-state index in [4.69, 9.17) is 16.3 Å². The van der Waals surface area contributed by atoms with Gasteiger partial charge in [-0.05, 0) is 18.2 Å². The van der Waals surface area contributed by atoms with Gasteiger partial charge in [-0.15, -0.1) is 0 Å². The van der Waals surface area contributed by atoms with Crippen LogP contribution in [0, 0.1) is 0 Å². The van der Waals surface area contributed by atoms with E-state index in [9.17, 15) is 9.90 Å². The summed E-state index contributed by atoms with van der Waals surface area (Å²) in [7, 11) is 1.67. The second kappa shape index (κ2) is 6.43. The van der Waals surface area contributed by atoms with Gasteiger partial charge in [-0.1, -0.05) is 27.5 Å². The molecule has 1 saturated heterocycles. The molecule has 1 aromatic rings. The van der Waals surface area contributed by atoms with E-state index in [1.807, 2.05) is 0 Å². The average Bonchev–Trinajstić information content (AvgIpc) is 2.41. The number of rotatable bonds is 3. The van der Waals surface area contributed by atoms with Crippen LogP contribution in [0.4, 0.5) is 0 Å². The number of likely N-dealkylation sites (N-methyl/N-ethyl adjacent to an activating group) is 1. The lowest BCUT2D eigenvalue weighted by Crippen LogP contribution is -2.47. The van der Waals surface area contributed by atoms with Crippen LogP contribution in [0.2, 0.25) is 5.02 Å². The molecule has 4 nitrogen and oxygen atoms in total. The van der Waals surface area contributed by atoms with E-state index < -0.39 is 5.60 Å². The lowest BCUT2D eigenvalue weighted by Gasteiger charge is -2.35. The molecule has 1 N–H and O–H groups in total. The second-order valence-electron chi connectivity index (χ2n) is 5.12. The van der Waals surface area contributed by atoms with Crippen molar-refractivity contribution in [3.8, 4) is 0 Å². The number of hydrogen-bond donors (Lipinski definition) is 1. The molecule has 110 valence electrons. The minimum absolute atomic E-state index is 0.198. The predicted octanol–water partition coefficient (Wildman–Crippen LogP) is 2.72. The van der Waals surface area contributed by atoms with Crippen LogP contribution in [0.1, 0.15) is 23.2 Å². The molecule has 0 radical (unpaired) electrons. The molecular weight excluding hydrogens is 346 g/mol. The van der Waals surface area contributed by atoms with Gasteiger partial charge >= 0.3 is 0 Å². The summed E-state index contributed by atoms with van der Waals surface area (Å²) in [4.78, 5) is 13.9. The smallest absolute Gasteiger partial charge is 0.255 e. The zero-order valence-corrected chi connectivity index (χ0v) is 13.6. The highest BCUT2D eigenvalue weighted by atomic mass is 79.9. The van der Waals surface area contributed by atoms with Gasteiger partial charge < -0.3 is 14.7 Å². The van der Waals surface area contributed by atoms with Gasteiger partial charge in [0.05, 0.1) is 16.2 Å². The Morgan fingerprint density at radius 1 is 1.50 bits per heavy atom. The highest BCUT2D eigenvalue weighted by Crippen LogP contribution is 2.25. The molecular formula is C14H17BrClNO3. The van der Waals surface area contributed by atoms with Crippen LogP contribution >= 0.6 is 27.5 Å². The van der Waals surface area contributed by atoms with Crippen LogP contribution in [0.25, 0.3) is 0 Å². The van der Waals surface area contributed by atoms with Crippen LogP contribution in [0.15, 0.2) is 22.7 Å². The normalized spacial score (nSPS) is 17.8. The van der Waals surface area contributed by atoms with Gasteiger partial charge in [0.2, 0.25) is 0 Å². The SMILES string of the molecule is CN(CC1(O)CCOCC1)C(=O)c1cc(Br)ccc1Cl. The Kier molecular flexibility index (Phi) is 5.07. The minimum Gasteiger partial charge on any atom is -0.388 e. The average molecular weight is 363 g/mol. The Bertz CT molecular complexity index is 503. The van der Waals surface area contributed by atoms with Crippen LogP contribution in [-0.2, 0) is 4.74 Å². The predicted molar refractivity (Wildman–Crippen MR) is 81.1 cm³/mol. The summed E-state index contributed by atoms with van der Waals surface area (Å²) in [6, 6.07) is 5.15. The highest BCUT2D eigenvalue weighted by Gasteiger charge is 2.32. The lowest BCUT2D eigenvalue weighted by molar-refractivity contribution is -0.0734. The molecule has 0 atom stereocenters. The van der Waals surface area contributed by atoms with E-state index in [0.29, 0.717) is 36.6 Å². The van der Waals surface area contributed by atoms with Crippen molar-refractivity contribution in [2.45, 2.75) is 18.4 Å². The summed E-state index contributed by atoms with van der Waals surface area (Å²) in [5, 5.41) is 10.9. The number of amides is 1. The number of halogens is 2. The Morgan fingerprint density at radius 3 is 2.80 bits per heavy atom. The van der Waals surface area contributed by atoms with Gasteiger partial charge in [-0.3, -0.25) is 4.79 Å². The number of carbonyl (C=O) groups excluding carboxylic acids is 1. The zero-order valence-electron chi connectivity index (χ0n) is 11.2. The van der Waals surface area contributed by atoms with Crippen molar-refractivity contribution in [1.82, 2.24) is 4.90 Å². The molecule has 1 fully saturated rings. The Balaban J connectivity index is 2.10. The van der Waals surface area contributed by atoms with Gasteiger partial charge in [-0.25, -0.2) is 0 Å². The van der Waals surface area contributed by atoms with E-state index in [2.05, 4.69) is 15.9 Å². The van der Waals surface area contributed by atoms with E-state index in [1.165, 1.54) is 4.90 Å². The third kappa shape index (κ3) is 3.73. The van der Waals surface area contributed by atoms with Crippen molar-refractivity contribution in [2.24, 2.45) is 0 Å². The van der Waals surface area contributed by atoms with Crippen LogP contribution in [-0.4, -0.2) is 48.3 Å². The lowest BCUT2D eigenvalue weighted by atomic mass is 9.93. The first-order chi connectivity index (χ1) is 9.41. The third-order valence-corrected chi connectivity index (χ3v) is 4.28. The fourth-order valence-corrected chi connectivity index (χ4v) is 2.85. The molecule has 1 aliphatic rings. The molecule has 20 heavy (non-hydrogen) atoms. The monoisotopic (exact) mass is 361 g/mol. The molecule has 1 amide bonds. The van der Waals surface area contributed by atoms with Gasteiger partial charge in [0.25, 0.3) is 5.91 Å². The number of benzene rings is 1. The van der Waals surface area contributed by atoms with E-state index in [1.54, 1.807) is 25.2 Å². The molecule has 0 bridgehead atoms. The molecule has 6 heteroatoms. The quantitative estimate of drug-likeness (QED) is 0.899. The summed E-state index contributed by atoms with van der Waals surface area (Å²) in [6.45, 7) is 1.32. The topological polar surface area (TPSA) is 49.8 Å². The number of carbonyl (C=O) groups is 1. The molecule has 0 aliphatic carbocycles. The van der Waals surface area contributed by atoms with Crippen molar-refractivity contribution in [3.63, 3.8) is 0 Å². The van der Waals surface area contributed by atoms with Crippen LogP contribution in [0.5, 0.6) is 0 Å². The van der Waals surface area contributed by atoms with Crippen molar-refractivity contribution in [3.05, 3.63) is 33.3 Å². The fraction of sp³-hybridized carbons (Fsp3) is 0.500. The van der Waals surface area contributed by atoms with Crippen molar-refractivity contribution >= 4 is 33.4 Å². The van der Waals surface area contributed by atoms with Crippen molar-refractivity contribution in [1.29, 1.82) is 0 Å². The number of hydrogen-bond acceptors (Lipinski definition) is 3. The van der Waals surface area contributed by atoms with E-state index in [-0.39, 0.29) is 12.5 Å². The molecule has 1 aromatic carbocycles. The van der Waals surface area contributed by atoms with Crippen molar-refractivity contribution in [2.75, 3.05) is 26.8 Å². The molecule has 0 unspecified atom stereocenters. The maximum atomic E-state index is 12.4. The molecule has 1 heterocycles. The summed E-state index contributed by atoms with van der Waals surface area (Å²) in [5.41, 5.74) is -0.444. The number of ether oxygens (including phenoxy) is 1. The maximum Gasteiger partial charge on any atom is 0.255 e. The zero-order chi connectivity index (χ0) is 14.8. The van der Waals surface area contributed by atoms with Gasteiger partial charge in [0, 0.05) is 44.1 Å². The van der Waals surface area contributed by atoms with Gasteiger partial charge in [-0.2, -0.15) is 0 Å². The first-order valence-corrected chi connectivity index (χ1v) is 7.59. The summed E-state index contributed by atoms with van der Waals surface area (Å²) in [5.74, 6) is -0.198. The summed E-state index contributed by atoms with van der Waals surface area (Å²) >= 11 is 9.39. The van der Waals surface area contributed by atoms with Crippen LogP contribution < -0.4 is 0 Å². The number of nitrogens with zero attached hydrogens (tertiary/aromatic N) is 1. The third-order valence-electron chi connectivity index (χ3n) is 3.46. The van der Waals surface area contributed by atoms with Gasteiger partial charge in [0.1, 0.15) is 0 Å². The standard InChI is InChI=1S/C14H17BrClNO3/c1-17(9-14(19)4-6-20-7-5-14)13(18)11-8-10(15)2-3-12(11)16/h2-3,8,19H,4-7,9H2,1H3. The first-order valence-electron chi connectivity index (χ1n) is 6.42. The summed E-state index contributed by atoms with van der Waals surface area (Å²) in [6.07, 6.45) is 1.08. The number of aliphatic hydroxyl groups is 1. The molecule has 2 rings (SSSR count). The molecule has 1 aliphatic heterocycles.